The molecule has 2 aromatic carbocycles. The zero-order valence-corrected chi connectivity index (χ0v) is 52.5. The van der Waals surface area contributed by atoms with Crippen molar-refractivity contribution in [3.8, 4) is 0 Å². The number of esters is 2. The number of halogens is 2. The molecule has 2 amide bonds. The third kappa shape index (κ3) is 31.0. The Morgan fingerprint density at radius 2 is 0.934 bits per heavy atom. The molecule has 6 rings (SSSR count). The summed E-state index contributed by atoms with van der Waals surface area (Å²) in [7, 11) is 0.628. The fourth-order valence-corrected chi connectivity index (χ4v) is 7.16. The van der Waals surface area contributed by atoms with Gasteiger partial charge in [0.15, 0.2) is 0 Å². The molecule has 17 nitrogen and oxygen atoms in total. The second kappa shape index (κ2) is 38.0. The van der Waals surface area contributed by atoms with Gasteiger partial charge in [-0.25, -0.2) is 4.79 Å². The van der Waals surface area contributed by atoms with Crippen LogP contribution in [0.4, 0.5) is 4.79 Å². The van der Waals surface area contributed by atoms with Crippen LogP contribution in [0.2, 0.25) is 0 Å². The number of carboxylic acid groups (broad SMARTS) is 2. The number of nitrogens with zero attached hydrogens (tertiary/aromatic N) is 1. The van der Waals surface area contributed by atoms with E-state index in [1.807, 2.05) is 128 Å². The van der Waals surface area contributed by atoms with Crippen molar-refractivity contribution in [1.29, 1.82) is 0 Å². The van der Waals surface area contributed by atoms with Crippen LogP contribution in [0, 0.1) is 40.4 Å². The van der Waals surface area contributed by atoms with Crippen LogP contribution in [0.3, 0.4) is 0 Å². The van der Waals surface area contributed by atoms with Gasteiger partial charge in [-0.3, -0.25) is 33.6 Å². The molecule has 1 heterocycles. The Labute approximate surface area is 482 Å². The molecule has 427 valence electrons. The number of carbonyl (C=O) groups excluding carboxylic acids is 5. The predicted octanol–water partition coefficient (Wildman–Crippen LogP) is 10.8. The summed E-state index contributed by atoms with van der Waals surface area (Å²) >= 11 is 4.74. The van der Waals surface area contributed by atoms with E-state index in [0.29, 0.717) is 26.4 Å². The molecule has 0 spiro atoms. The Morgan fingerprint density at radius 3 is 1.17 bits per heavy atom. The van der Waals surface area contributed by atoms with Crippen molar-refractivity contribution in [1.82, 2.24) is 5.06 Å². The first-order chi connectivity index (χ1) is 34.6. The van der Waals surface area contributed by atoms with E-state index in [1.54, 1.807) is 6.08 Å². The van der Waals surface area contributed by atoms with Crippen LogP contribution in [-0.4, -0.2) is 80.9 Å². The first kappa shape index (κ1) is 74.4. The Balaban J connectivity index is 0. The van der Waals surface area contributed by atoms with Gasteiger partial charge in [0.25, 0.3) is 11.8 Å². The van der Waals surface area contributed by atoms with Crippen LogP contribution in [0.1, 0.15) is 143 Å². The average Bonchev–Trinajstić information content (AvgIpc) is 4.29. The van der Waals surface area contributed by atoms with E-state index < -0.39 is 64.5 Å². The molecule has 0 aromatic heterocycles. The van der Waals surface area contributed by atoms with E-state index in [-0.39, 0.29) is 77.4 Å². The number of nitrogens with two attached hydrogens (primary N) is 2. The van der Waals surface area contributed by atoms with Gasteiger partial charge in [-0.05, 0) is 74.3 Å². The van der Waals surface area contributed by atoms with Gasteiger partial charge in [-0.15, -0.1) is 19.7 Å². The minimum absolute atomic E-state index is 0. The second-order valence-electron chi connectivity index (χ2n) is 20.6. The molecule has 2 aromatic rings. The monoisotopic (exact) mass is 1350 g/mol. The molecule has 8 N–H and O–H groups in total. The Hall–Kier alpha value is -3.70. The number of ether oxygens (including phenoxy) is 3. The van der Waals surface area contributed by atoms with Crippen LogP contribution in [-0.2, 0) is 57.3 Å². The average molecular weight is 1350 g/mol. The van der Waals surface area contributed by atoms with Crippen molar-refractivity contribution < 1.29 is 77.8 Å². The molecule has 0 bridgehead atoms. The van der Waals surface area contributed by atoms with Gasteiger partial charge in [0.1, 0.15) is 18.3 Å². The number of imide groups is 1. The van der Waals surface area contributed by atoms with Gasteiger partial charge >= 0.3 is 79.5 Å². The number of amides is 2. The number of carboxylic acids is 2. The Morgan fingerprint density at radius 1 is 0.645 bits per heavy atom. The summed E-state index contributed by atoms with van der Waals surface area (Å²) in [5, 5.41) is 18.7. The summed E-state index contributed by atoms with van der Waals surface area (Å²) in [6.45, 7) is 25.7. The fourth-order valence-electron chi connectivity index (χ4n) is 7.16. The van der Waals surface area contributed by atoms with Gasteiger partial charge in [0.2, 0.25) is 0 Å². The van der Waals surface area contributed by atoms with E-state index in [9.17, 15) is 33.6 Å². The van der Waals surface area contributed by atoms with Crippen molar-refractivity contribution in [2.75, 3.05) is 0 Å². The van der Waals surface area contributed by atoms with E-state index >= 15 is 0 Å². The second-order valence-corrected chi connectivity index (χ2v) is 32.4. The van der Waals surface area contributed by atoms with Gasteiger partial charge in [-0.2, -0.15) is 9.90 Å². The number of allylic oxidation sites excluding steroid dienone is 3. The summed E-state index contributed by atoms with van der Waals surface area (Å²) in [6.07, 6.45) is 9.13. The molecule has 76 heavy (non-hydrogen) atoms. The van der Waals surface area contributed by atoms with Crippen LogP contribution in [0.15, 0.2) is 98.6 Å². The molecule has 4 fully saturated rings. The zero-order valence-electron chi connectivity index (χ0n) is 45.4. The maximum atomic E-state index is 11.7. The van der Waals surface area contributed by atoms with Gasteiger partial charge in [-0.1, -0.05) is 125 Å². The van der Waals surface area contributed by atoms with E-state index in [0.717, 1.165) is 38.5 Å². The zero-order chi connectivity index (χ0) is 56.3. The minimum atomic E-state index is -0.995. The van der Waals surface area contributed by atoms with Crippen LogP contribution in [0.5, 0.6) is 0 Å². The van der Waals surface area contributed by atoms with Crippen molar-refractivity contribution in [3.63, 3.8) is 0 Å². The molecular formula is C55H84I2N3O14PV. The molecule has 1 unspecified atom stereocenters. The Kier molecular flexibility index (Phi) is 37.2. The normalized spacial score (nSPS) is 20.8. The summed E-state index contributed by atoms with van der Waals surface area (Å²) in [5.41, 5.74) is 12.7. The van der Waals surface area contributed by atoms with Crippen LogP contribution >= 0.6 is 49.9 Å². The van der Waals surface area contributed by atoms with Gasteiger partial charge < -0.3 is 41.4 Å². The van der Waals surface area contributed by atoms with Crippen molar-refractivity contribution >= 4 is 91.7 Å². The molecular weight excluding hydrogens is 1260 g/mol. The molecule has 4 aliphatic rings. The van der Waals surface area contributed by atoms with E-state index in [2.05, 4.69) is 64.5 Å². The molecule has 21 heteroatoms. The van der Waals surface area contributed by atoms with Crippen LogP contribution in [0.25, 0.3) is 0 Å². The fraction of sp³-hybridized carbons (Fsp3) is 0.545. The number of benzene rings is 2. The van der Waals surface area contributed by atoms with E-state index in [4.69, 9.17) is 35.9 Å². The number of carbonyl (C=O) groups is 7. The first-order valence-electron chi connectivity index (χ1n) is 24.6. The number of aliphatic carboxylic acids is 2. The molecule has 0 radical (unpaired) electrons. The van der Waals surface area contributed by atoms with Crippen molar-refractivity contribution in [3.05, 3.63) is 110 Å². The number of hydrogen-bond acceptors (Lipinski definition) is 13. The molecule has 3 aliphatic carbocycles. The quantitative estimate of drug-likeness (QED) is 0.0270. The Bertz CT molecular complexity index is 2000. The van der Waals surface area contributed by atoms with Gasteiger partial charge in [0, 0.05) is 42.7 Å². The molecule has 11 atom stereocenters. The number of hydrogen-bond donors (Lipinski definition) is 4. The topological polar surface area (TPSA) is 284 Å². The first-order valence-corrected chi connectivity index (χ1v) is 33.6. The van der Waals surface area contributed by atoms with E-state index in [1.165, 1.54) is 11.1 Å². The standard InChI is InChI=1S/2C14H22O4.C11H13NO5.2C8H11N.2HI.H2O.H3P.V/c2*1-5-6-9-7-11(9)18-12(15)8-10(13(16)17)14(2,3)4;1-2-3-7-6-8(7)16-11(15)17-12-9(13)4-5-10(12)14;2*1-7(9)8-5-3-2-4-6-8;;;;;/h2*5,9-11H,1,6-8H2,2-4H3,(H,16,17);2,7-8H,1,3-6H2;2*2-7H,9H2,1H3;2*1H;1H2;1H3;/q;;;;;;;;;+2/p-2/t2*9-,10-,11-;7-,8-;2*7-;;;;;/m11100...../s1. The molecule has 1 saturated heterocycles. The SMILES string of the molecule is C=CC[C@@H]1C[C@H]1OC(=O)C[C@H](C(=O)O)C(C)(C)C.C=CC[C@@H]1C[C@H]1OC(=O)C[C@H](C(=O)O)C(C)(C)C.C=CC[C@@H]1C[C@H]1OC(=O)ON1C(=O)CCC1=O.C[C@H](N)c1ccccc1.C[C@H](N)c1ccccc1.O.P.[I][V][I]. The number of hydroxylamine groups is 2. The van der Waals surface area contributed by atoms with Crippen LogP contribution < -0.4 is 11.5 Å². The summed E-state index contributed by atoms with van der Waals surface area (Å²) in [6, 6.07) is 20.4. The maximum absolute atomic E-state index is 11.7. The van der Waals surface area contributed by atoms with Crippen molar-refractivity contribution in [2.45, 2.75) is 150 Å². The molecule has 1 aliphatic heterocycles. The van der Waals surface area contributed by atoms with Gasteiger partial charge in [0.05, 0.1) is 24.7 Å². The third-order valence-corrected chi connectivity index (χ3v) is 12.0. The summed E-state index contributed by atoms with van der Waals surface area (Å²) < 4.78 is 15.4. The predicted molar refractivity (Wildman–Crippen MR) is 312 cm³/mol. The van der Waals surface area contributed by atoms with Crippen molar-refractivity contribution in [2.24, 2.45) is 51.9 Å². The third-order valence-electron chi connectivity index (χ3n) is 12.0. The summed E-state index contributed by atoms with van der Waals surface area (Å²) in [5.74, 6) is -4.10. The molecule has 3 saturated carbocycles. The number of rotatable bonds is 18. The summed E-state index contributed by atoms with van der Waals surface area (Å²) in [4.78, 5) is 83.8.